The van der Waals surface area contributed by atoms with Crippen molar-refractivity contribution in [1.82, 2.24) is 24.6 Å². The first-order valence-electron chi connectivity index (χ1n) is 10.1. The Kier molecular flexibility index (Phi) is 4.78. The molecule has 1 aromatic carbocycles. The molecule has 5 nitrogen and oxygen atoms in total. The number of likely N-dealkylation sites (tertiary alicyclic amines) is 1. The highest BCUT2D eigenvalue weighted by Gasteiger charge is 2.41. The van der Waals surface area contributed by atoms with Crippen molar-refractivity contribution in [1.29, 1.82) is 0 Å². The number of aryl methyl sites for hydroxylation is 1. The number of aromatic nitrogens is 3. The Morgan fingerprint density at radius 1 is 1.11 bits per heavy atom. The highest BCUT2D eigenvalue weighted by atomic mass is 32.1. The molecule has 1 spiro atoms. The third kappa shape index (κ3) is 3.52. The number of benzene rings is 1. The lowest BCUT2D eigenvalue weighted by Gasteiger charge is -2.48. The number of thiazole rings is 1. The number of piperidine rings is 1. The zero-order valence-electron chi connectivity index (χ0n) is 16.4. The van der Waals surface area contributed by atoms with E-state index < -0.39 is 0 Å². The van der Waals surface area contributed by atoms with Crippen LogP contribution in [0.4, 0.5) is 0 Å². The Morgan fingerprint density at radius 2 is 1.96 bits per heavy atom. The Balaban J connectivity index is 1.34. The molecular weight excluding hydrogens is 366 g/mol. The van der Waals surface area contributed by atoms with Crippen LogP contribution >= 0.6 is 11.3 Å². The van der Waals surface area contributed by atoms with Gasteiger partial charge in [-0.2, -0.15) is 5.10 Å². The van der Waals surface area contributed by atoms with Crippen LogP contribution < -0.4 is 0 Å². The summed E-state index contributed by atoms with van der Waals surface area (Å²) in [5, 5.41) is 7.63. The standard InChI is InChI=1S/C22H27N5S/c1-25-13-18(12-24-25)14-26-9-6-22(7-10-26)17-27(16-21-23-8-11-28-21)15-19-4-2-3-5-20(19)22/h2-5,8,11-13H,6-7,9-10,14-17H2,1H3. The molecule has 0 aliphatic carbocycles. The number of hydrogen-bond donors (Lipinski definition) is 0. The quantitative estimate of drug-likeness (QED) is 0.681. The van der Waals surface area contributed by atoms with Gasteiger partial charge < -0.3 is 0 Å². The van der Waals surface area contributed by atoms with Gasteiger partial charge in [-0.15, -0.1) is 11.3 Å². The molecule has 0 N–H and O–H groups in total. The second-order valence-corrected chi connectivity index (χ2v) is 9.29. The molecule has 2 aliphatic heterocycles. The van der Waals surface area contributed by atoms with E-state index in [-0.39, 0.29) is 5.41 Å². The average Bonchev–Trinajstić information content (AvgIpc) is 3.36. The van der Waals surface area contributed by atoms with Crippen LogP contribution in [0.1, 0.15) is 34.5 Å². The van der Waals surface area contributed by atoms with Crippen molar-refractivity contribution >= 4 is 11.3 Å². The van der Waals surface area contributed by atoms with Crippen LogP contribution in [0.3, 0.4) is 0 Å². The molecule has 1 fully saturated rings. The molecule has 6 heteroatoms. The van der Waals surface area contributed by atoms with Gasteiger partial charge >= 0.3 is 0 Å². The summed E-state index contributed by atoms with van der Waals surface area (Å²) in [6.07, 6.45) is 8.49. The minimum Gasteiger partial charge on any atom is -0.299 e. The minimum absolute atomic E-state index is 0.275. The third-order valence-electron chi connectivity index (χ3n) is 6.33. The predicted molar refractivity (Wildman–Crippen MR) is 112 cm³/mol. The van der Waals surface area contributed by atoms with E-state index in [1.54, 1.807) is 16.9 Å². The van der Waals surface area contributed by atoms with Gasteiger partial charge in [0.15, 0.2) is 0 Å². The lowest BCUT2D eigenvalue weighted by atomic mass is 9.69. The van der Waals surface area contributed by atoms with Crippen LogP contribution in [-0.2, 0) is 32.1 Å². The van der Waals surface area contributed by atoms with Crippen molar-refractivity contribution < 1.29 is 0 Å². The Bertz CT molecular complexity index is 924. The normalized spacial score (nSPS) is 19.8. The van der Waals surface area contributed by atoms with Crippen molar-refractivity contribution in [2.45, 2.75) is 37.9 Å². The summed E-state index contributed by atoms with van der Waals surface area (Å²) in [6, 6.07) is 9.12. The van der Waals surface area contributed by atoms with Gasteiger partial charge in [0, 0.05) is 55.4 Å². The van der Waals surface area contributed by atoms with E-state index in [9.17, 15) is 0 Å². The molecule has 0 radical (unpaired) electrons. The van der Waals surface area contributed by atoms with E-state index in [0.29, 0.717) is 0 Å². The molecule has 3 aromatic rings. The minimum atomic E-state index is 0.275. The molecule has 146 valence electrons. The molecule has 5 rings (SSSR count). The molecular formula is C22H27N5S. The van der Waals surface area contributed by atoms with Gasteiger partial charge in [-0.3, -0.25) is 14.5 Å². The maximum atomic E-state index is 4.52. The smallest absolute Gasteiger partial charge is 0.107 e. The summed E-state index contributed by atoms with van der Waals surface area (Å²) < 4.78 is 1.90. The molecule has 1 saturated heterocycles. The second-order valence-electron chi connectivity index (χ2n) is 8.31. The van der Waals surface area contributed by atoms with Gasteiger partial charge in [-0.05, 0) is 37.1 Å². The Labute approximate surface area is 170 Å². The van der Waals surface area contributed by atoms with E-state index in [0.717, 1.165) is 39.3 Å². The summed E-state index contributed by atoms with van der Waals surface area (Å²) in [6.45, 7) is 6.45. The lowest BCUT2D eigenvalue weighted by molar-refractivity contribution is 0.0909. The van der Waals surface area contributed by atoms with Crippen molar-refractivity contribution in [3.63, 3.8) is 0 Å². The van der Waals surface area contributed by atoms with Crippen LogP contribution in [0.2, 0.25) is 0 Å². The van der Waals surface area contributed by atoms with E-state index in [4.69, 9.17) is 0 Å². The van der Waals surface area contributed by atoms with Crippen LogP contribution in [-0.4, -0.2) is 44.2 Å². The maximum absolute atomic E-state index is 4.52. The summed E-state index contributed by atoms with van der Waals surface area (Å²) >= 11 is 1.77. The van der Waals surface area contributed by atoms with Gasteiger partial charge in [-0.1, -0.05) is 24.3 Å². The molecule has 0 atom stereocenters. The zero-order chi connectivity index (χ0) is 19.0. The topological polar surface area (TPSA) is 37.2 Å². The second kappa shape index (κ2) is 7.43. The van der Waals surface area contributed by atoms with Crippen molar-refractivity contribution in [3.05, 3.63) is 69.9 Å². The summed E-state index contributed by atoms with van der Waals surface area (Å²) in [7, 11) is 1.99. The molecule has 28 heavy (non-hydrogen) atoms. The molecule has 4 heterocycles. The summed E-state index contributed by atoms with van der Waals surface area (Å²) in [4.78, 5) is 9.72. The highest BCUT2D eigenvalue weighted by molar-refractivity contribution is 7.09. The fraction of sp³-hybridized carbons (Fsp3) is 0.455. The van der Waals surface area contributed by atoms with Crippen LogP contribution in [0.15, 0.2) is 48.2 Å². The number of rotatable bonds is 4. The Hall–Kier alpha value is -2.02. The van der Waals surface area contributed by atoms with Crippen molar-refractivity contribution in [2.24, 2.45) is 7.05 Å². The molecule has 2 aromatic heterocycles. The van der Waals surface area contributed by atoms with Gasteiger partial charge in [0.1, 0.15) is 5.01 Å². The first-order chi connectivity index (χ1) is 13.7. The third-order valence-corrected chi connectivity index (χ3v) is 7.09. The number of fused-ring (bicyclic) bond motifs is 2. The largest absolute Gasteiger partial charge is 0.299 e. The summed E-state index contributed by atoms with van der Waals surface area (Å²) in [5.41, 5.74) is 4.68. The maximum Gasteiger partial charge on any atom is 0.107 e. The average molecular weight is 394 g/mol. The highest BCUT2D eigenvalue weighted by Crippen LogP contribution is 2.42. The van der Waals surface area contributed by atoms with Gasteiger partial charge in [0.25, 0.3) is 0 Å². The summed E-state index contributed by atoms with van der Waals surface area (Å²) in [5.74, 6) is 0. The van der Waals surface area contributed by atoms with Crippen LogP contribution in [0, 0.1) is 0 Å². The van der Waals surface area contributed by atoms with E-state index >= 15 is 0 Å². The van der Waals surface area contributed by atoms with Crippen molar-refractivity contribution in [2.75, 3.05) is 19.6 Å². The fourth-order valence-electron chi connectivity index (χ4n) is 5.00. The zero-order valence-corrected chi connectivity index (χ0v) is 17.2. The Morgan fingerprint density at radius 3 is 2.71 bits per heavy atom. The molecule has 0 amide bonds. The van der Waals surface area contributed by atoms with Gasteiger partial charge in [-0.25, -0.2) is 4.98 Å². The molecule has 0 saturated carbocycles. The van der Waals surface area contributed by atoms with E-state index in [2.05, 4.69) is 55.7 Å². The van der Waals surface area contributed by atoms with Crippen molar-refractivity contribution in [3.8, 4) is 0 Å². The van der Waals surface area contributed by atoms with Crippen LogP contribution in [0.5, 0.6) is 0 Å². The first kappa shape index (κ1) is 18.0. The van der Waals surface area contributed by atoms with Gasteiger partial charge in [0.05, 0.1) is 12.7 Å². The fourth-order valence-corrected chi connectivity index (χ4v) is 5.66. The molecule has 0 bridgehead atoms. The molecule has 0 unspecified atom stereocenters. The SMILES string of the molecule is Cn1cc(CN2CCC3(CC2)CN(Cc2nccs2)Cc2ccccc23)cn1. The predicted octanol–water partition coefficient (Wildman–Crippen LogP) is 3.43. The van der Waals surface area contributed by atoms with E-state index in [1.165, 1.54) is 29.0 Å². The monoisotopic (exact) mass is 393 g/mol. The first-order valence-corrected chi connectivity index (χ1v) is 11.0. The lowest BCUT2D eigenvalue weighted by Crippen LogP contribution is -2.51. The van der Waals surface area contributed by atoms with Crippen LogP contribution in [0.25, 0.3) is 0 Å². The van der Waals surface area contributed by atoms with Gasteiger partial charge in [0.2, 0.25) is 0 Å². The molecule has 2 aliphatic rings. The number of hydrogen-bond acceptors (Lipinski definition) is 5. The number of nitrogens with zero attached hydrogens (tertiary/aromatic N) is 5. The van der Waals surface area contributed by atoms with E-state index in [1.807, 2.05) is 24.1 Å².